The third-order valence-electron chi connectivity index (χ3n) is 5.23. The smallest absolute Gasteiger partial charge is 0.253 e. The molecule has 0 radical (unpaired) electrons. The zero-order chi connectivity index (χ0) is 21.6. The summed E-state index contributed by atoms with van der Waals surface area (Å²) in [7, 11) is 2.08. The molecule has 160 valence electrons. The summed E-state index contributed by atoms with van der Waals surface area (Å²) >= 11 is 1.56. The molecule has 2 heterocycles. The molecule has 8 heteroatoms. The lowest BCUT2D eigenvalue weighted by Crippen LogP contribution is -2.47. The number of piperazine rings is 1. The molecule has 0 aliphatic carbocycles. The van der Waals surface area contributed by atoms with Gasteiger partial charge < -0.3 is 19.8 Å². The first-order valence-corrected chi connectivity index (χ1v) is 11.4. The van der Waals surface area contributed by atoms with Crippen LogP contribution in [0.1, 0.15) is 10.4 Å². The van der Waals surface area contributed by atoms with Crippen LogP contribution in [0.5, 0.6) is 0 Å². The summed E-state index contributed by atoms with van der Waals surface area (Å²) in [6.45, 7) is 3.36. The molecule has 1 aliphatic heterocycles. The minimum absolute atomic E-state index is 0.0808. The maximum Gasteiger partial charge on any atom is 0.253 e. The summed E-state index contributed by atoms with van der Waals surface area (Å²) in [5.74, 6) is 0.597. The highest BCUT2D eigenvalue weighted by molar-refractivity contribution is 7.99. The van der Waals surface area contributed by atoms with Gasteiger partial charge in [-0.3, -0.25) is 4.79 Å². The summed E-state index contributed by atoms with van der Waals surface area (Å²) in [5, 5.41) is 3.23. The van der Waals surface area contributed by atoms with Crippen LogP contribution in [0.25, 0.3) is 11.3 Å². The van der Waals surface area contributed by atoms with Gasteiger partial charge in [0.2, 0.25) is 5.95 Å². The SMILES string of the molecule is CSNc1ccc(-c2ccnc(Nc3ccc(C(=O)N4CCN(C)CC4)cc3)n2)cc1. The zero-order valence-electron chi connectivity index (χ0n) is 17.7. The molecule has 1 aliphatic rings. The van der Waals surface area contributed by atoms with Gasteiger partial charge in [0.25, 0.3) is 5.91 Å². The number of carbonyl (C=O) groups excluding carboxylic acids is 1. The maximum absolute atomic E-state index is 12.7. The lowest BCUT2D eigenvalue weighted by molar-refractivity contribution is 0.0664. The molecule has 1 fully saturated rings. The second kappa shape index (κ2) is 9.80. The van der Waals surface area contributed by atoms with E-state index in [1.807, 2.05) is 65.8 Å². The second-order valence-corrected chi connectivity index (χ2v) is 8.06. The van der Waals surface area contributed by atoms with E-state index >= 15 is 0 Å². The van der Waals surface area contributed by atoms with Crippen molar-refractivity contribution in [3.63, 3.8) is 0 Å². The normalized spacial score (nSPS) is 14.3. The van der Waals surface area contributed by atoms with Gasteiger partial charge >= 0.3 is 0 Å². The van der Waals surface area contributed by atoms with Crippen molar-refractivity contribution >= 4 is 35.2 Å². The first-order valence-electron chi connectivity index (χ1n) is 10.2. The third kappa shape index (κ3) is 5.34. The monoisotopic (exact) mass is 434 g/mol. The molecule has 4 rings (SSSR count). The maximum atomic E-state index is 12.7. The third-order valence-corrected chi connectivity index (χ3v) is 5.67. The number of hydrogen-bond donors (Lipinski definition) is 2. The predicted octanol–water partition coefficient (Wildman–Crippen LogP) is 3.96. The number of carbonyl (C=O) groups is 1. The van der Waals surface area contributed by atoms with Crippen LogP contribution in [0.2, 0.25) is 0 Å². The van der Waals surface area contributed by atoms with E-state index in [1.165, 1.54) is 0 Å². The van der Waals surface area contributed by atoms with Gasteiger partial charge in [0, 0.05) is 61.1 Å². The lowest BCUT2D eigenvalue weighted by atomic mass is 10.1. The van der Waals surface area contributed by atoms with Crippen molar-refractivity contribution in [3.8, 4) is 11.3 Å². The zero-order valence-corrected chi connectivity index (χ0v) is 18.5. The number of likely N-dealkylation sites (N-methyl/N-ethyl adjacent to an activating group) is 1. The van der Waals surface area contributed by atoms with E-state index in [1.54, 1.807) is 18.1 Å². The van der Waals surface area contributed by atoms with Crippen LogP contribution in [-0.2, 0) is 0 Å². The molecule has 0 atom stereocenters. The Hall–Kier alpha value is -3.10. The number of aromatic nitrogens is 2. The molecule has 3 aromatic rings. The van der Waals surface area contributed by atoms with Crippen LogP contribution in [-0.4, -0.2) is 65.2 Å². The van der Waals surface area contributed by atoms with Crippen molar-refractivity contribution in [2.75, 3.05) is 49.5 Å². The van der Waals surface area contributed by atoms with E-state index in [4.69, 9.17) is 0 Å². The van der Waals surface area contributed by atoms with Crippen LogP contribution in [0, 0.1) is 0 Å². The Morgan fingerprint density at radius 1 is 0.935 bits per heavy atom. The number of nitrogens with zero attached hydrogens (tertiary/aromatic N) is 4. The largest absolute Gasteiger partial charge is 0.336 e. The van der Waals surface area contributed by atoms with Crippen molar-refractivity contribution in [2.24, 2.45) is 0 Å². The Bertz CT molecular complexity index is 1020. The summed E-state index contributed by atoms with van der Waals surface area (Å²) in [4.78, 5) is 25.8. The van der Waals surface area contributed by atoms with Gasteiger partial charge in [0.15, 0.2) is 0 Å². The highest BCUT2D eigenvalue weighted by Crippen LogP contribution is 2.22. The molecule has 7 nitrogen and oxygen atoms in total. The fraction of sp³-hybridized carbons (Fsp3) is 0.261. The molecule has 0 spiro atoms. The van der Waals surface area contributed by atoms with Crippen LogP contribution < -0.4 is 10.0 Å². The number of rotatable bonds is 6. The van der Waals surface area contributed by atoms with E-state index in [0.717, 1.165) is 48.8 Å². The summed E-state index contributed by atoms with van der Waals surface area (Å²) in [6.07, 6.45) is 3.73. The molecule has 1 saturated heterocycles. The minimum Gasteiger partial charge on any atom is -0.336 e. The lowest BCUT2D eigenvalue weighted by Gasteiger charge is -2.32. The molecular formula is C23H26N6OS. The predicted molar refractivity (Wildman–Crippen MR) is 128 cm³/mol. The molecule has 0 saturated carbocycles. The average molecular weight is 435 g/mol. The van der Waals surface area contributed by atoms with Gasteiger partial charge in [-0.25, -0.2) is 9.97 Å². The molecular weight excluding hydrogens is 408 g/mol. The van der Waals surface area contributed by atoms with E-state index in [0.29, 0.717) is 11.5 Å². The van der Waals surface area contributed by atoms with Gasteiger partial charge in [-0.1, -0.05) is 24.1 Å². The van der Waals surface area contributed by atoms with Crippen LogP contribution in [0.15, 0.2) is 60.8 Å². The van der Waals surface area contributed by atoms with Crippen molar-refractivity contribution in [2.45, 2.75) is 0 Å². The van der Waals surface area contributed by atoms with Crippen molar-refractivity contribution < 1.29 is 4.79 Å². The second-order valence-electron chi connectivity index (χ2n) is 7.45. The molecule has 2 N–H and O–H groups in total. The topological polar surface area (TPSA) is 73.4 Å². The molecule has 31 heavy (non-hydrogen) atoms. The van der Waals surface area contributed by atoms with Gasteiger partial charge in [0.05, 0.1) is 5.69 Å². The summed E-state index contributed by atoms with van der Waals surface area (Å²) < 4.78 is 3.21. The van der Waals surface area contributed by atoms with E-state index < -0.39 is 0 Å². The average Bonchev–Trinajstić information content (AvgIpc) is 2.81. The quantitative estimate of drug-likeness (QED) is 0.569. The van der Waals surface area contributed by atoms with E-state index in [2.05, 4.69) is 32.0 Å². The van der Waals surface area contributed by atoms with Crippen molar-refractivity contribution in [3.05, 3.63) is 66.4 Å². The summed E-state index contributed by atoms with van der Waals surface area (Å²) in [5.41, 5.74) is 4.45. The number of hydrogen-bond acceptors (Lipinski definition) is 7. The van der Waals surface area contributed by atoms with Crippen LogP contribution in [0.4, 0.5) is 17.3 Å². The highest BCUT2D eigenvalue weighted by Gasteiger charge is 2.20. The number of amides is 1. The molecule has 1 amide bonds. The Labute approximate surface area is 187 Å². The molecule has 2 aromatic carbocycles. The standard InChI is InChI=1S/C23H26N6OS/c1-28-13-15-29(16-14-28)22(30)18-5-7-19(8-6-18)25-23-24-12-11-21(26-23)17-3-9-20(10-4-17)27-31-2/h3-12,27H,13-16H2,1-2H3,(H,24,25,26). The van der Waals surface area contributed by atoms with Gasteiger partial charge in [-0.2, -0.15) is 0 Å². The Balaban J connectivity index is 1.42. The van der Waals surface area contributed by atoms with E-state index in [-0.39, 0.29) is 5.91 Å². The van der Waals surface area contributed by atoms with Gasteiger partial charge in [-0.05, 0) is 49.5 Å². The van der Waals surface area contributed by atoms with Crippen LogP contribution in [0.3, 0.4) is 0 Å². The summed E-state index contributed by atoms with van der Waals surface area (Å²) in [6, 6.07) is 17.5. The number of benzene rings is 2. The Morgan fingerprint density at radius 3 is 2.29 bits per heavy atom. The minimum atomic E-state index is 0.0808. The van der Waals surface area contributed by atoms with E-state index in [9.17, 15) is 4.79 Å². The molecule has 0 bridgehead atoms. The molecule has 1 aromatic heterocycles. The Kier molecular flexibility index (Phi) is 6.69. The fourth-order valence-corrected chi connectivity index (χ4v) is 3.80. The highest BCUT2D eigenvalue weighted by atomic mass is 32.2. The number of anilines is 3. The van der Waals surface area contributed by atoms with Crippen molar-refractivity contribution in [1.82, 2.24) is 19.8 Å². The molecule has 0 unspecified atom stereocenters. The first-order chi connectivity index (χ1) is 15.1. The Morgan fingerprint density at radius 2 is 1.61 bits per heavy atom. The number of nitrogens with one attached hydrogen (secondary N) is 2. The first kappa shape index (κ1) is 21.1. The van der Waals surface area contributed by atoms with Crippen molar-refractivity contribution in [1.29, 1.82) is 0 Å². The fourth-order valence-electron chi connectivity index (χ4n) is 3.42. The van der Waals surface area contributed by atoms with Crippen LogP contribution >= 0.6 is 11.9 Å². The van der Waals surface area contributed by atoms with Gasteiger partial charge in [0.1, 0.15) is 0 Å². The van der Waals surface area contributed by atoms with Gasteiger partial charge in [-0.15, -0.1) is 0 Å².